The Labute approximate surface area is 193 Å². The molecule has 3 aliphatic rings. The topological polar surface area (TPSA) is 81.7 Å². The molecule has 2 unspecified atom stereocenters. The maximum Gasteiger partial charge on any atom is 0.320 e. The first-order valence-electron chi connectivity index (χ1n) is 12.0. The number of rotatable bonds is 2. The summed E-state index contributed by atoms with van der Waals surface area (Å²) in [6.07, 6.45) is 3.93. The van der Waals surface area contributed by atoms with E-state index in [0.717, 1.165) is 65.0 Å². The molecular weight excluding hydrogens is 416 g/mol. The molecule has 3 aliphatic heterocycles. The van der Waals surface area contributed by atoms with Gasteiger partial charge in [-0.25, -0.2) is 9.78 Å². The Morgan fingerprint density at radius 2 is 1.91 bits per heavy atom. The lowest BCUT2D eigenvalue weighted by Gasteiger charge is -2.40. The Morgan fingerprint density at radius 1 is 1.15 bits per heavy atom. The average molecular weight is 447 g/mol. The summed E-state index contributed by atoms with van der Waals surface area (Å²) in [6.45, 7) is 3.82. The van der Waals surface area contributed by atoms with Crippen LogP contribution in [0, 0.1) is 12.8 Å². The number of aliphatic hydroxyl groups excluding tert-OH is 1. The van der Waals surface area contributed by atoms with Crippen molar-refractivity contribution >= 4 is 17.1 Å². The van der Waals surface area contributed by atoms with Crippen molar-refractivity contribution in [2.24, 2.45) is 5.92 Å². The molecule has 0 radical (unpaired) electrons. The van der Waals surface area contributed by atoms with Gasteiger partial charge in [-0.15, -0.1) is 0 Å². The summed E-state index contributed by atoms with van der Waals surface area (Å²) in [5.41, 5.74) is 5.24. The summed E-state index contributed by atoms with van der Waals surface area (Å²) in [6, 6.07) is 13.2. The molecule has 2 fully saturated rings. The van der Waals surface area contributed by atoms with Crippen LogP contribution in [0.4, 0.5) is 4.79 Å². The molecule has 2 saturated heterocycles. The van der Waals surface area contributed by atoms with Crippen LogP contribution in [-0.2, 0) is 6.54 Å². The number of nitrogens with one attached hydrogen (secondary N) is 1. The van der Waals surface area contributed by atoms with E-state index in [9.17, 15) is 9.90 Å². The van der Waals surface area contributed by atoms with Gasteiger partial charge < -0.3 is 24.6 Å². The molecule has 2 atom stereocenters. The number of H-pyrrole nitrogens is 1. The van der Waals surface area contributed by atoms with Crippen molar-refractivity contribution in [3.63, 3.8) is 0 Å². The monoisotopic (exact) mass is 446 g/mol. The number of fused-ring (bicyclic) bond motifs is 4. The minimum absolute atomic E-state index is 0.120. The van der Waals surface area contributed by atoms with Crippen molar-refractivity contribution in [2.45, 2.75) is 51.2 Å². The Kier molecular flexibility index (Phi) is 5.02. The highest BCUT2D eigenvalue weighted by Gasteiger charge is 2.44. The molecule has 1 aromatic heterocycles. The van der Waals surface area contributed by atoms with E-state index in [4.69, 9.17) is 4.74 Å². The number of hydrogen-bond donors (Lipinski definition) is 2. The van der Waals surface area contributed by atoms with E-state index < -0.39 is 0 Å². The SMILES string of the molecule is Cc1nc2ccc(-c3ccc4c(c3)CN(C(=O)N3C5CCC3CC(CO)C5)CCO4)cc2[nH]1. The number of urea groups is 1. The normalized spacial score (nSPS) is 24.5. The van der Waals surface area contributed by atoms with Crippen LogP contribution in [0.15, 0.2) is 36.4 Å². The third-order valence-electron chi connectivity index (χ3n) is 7.55. The minimum atomic E-state index is 0.120. The van der Waals surface area contributed by atoms with E-state index in [1.165, 1.54) is 0 Å². The Morgan fingerprint density at radius 3 is 2.70 bits per heavy atom. The number of aliphatic hydroxyl groups is 1. The van der Waals surface area contributed by atoms with E-state index in [2.05, 4.69) is 39.1 Å². The van der Waals surface area contributed by atoms with E-state index >= 15 is 0 Å². The number of carbonyl (C=O) groups is 1. The van der Waals surface area contributed by atoms with Crippen molar-refractivity contribution < 1.29 is 14.6 Å². The number of aromatic nitrogens is 2. The lowest BCUT2D eigenvalue weighted by Crippen LogP contribution is -2.52. The quantitative estimate of drug-likeness (QED) is 0.621. The van der Waals surface area contributed by atoms with Gasteiger partial charge in [-0.2, -0.15) is 0 Å². The summed E-state index contributed by atoms with van der Waals surface area (Å²) in [7, 11) is 0. The van der Waals surface area contributed by atoms with Gasteiger partial charge in [-0.1, -0.05) is 12.1 Å². The van der Waals surface area contributed by atoms with E-state index in [0.29, 0.717) is 25.6 Å². The van der Waals surface area contributed by atoms with Crippen molar-refractivity contribution in [3.8, 4) is 16.9 Å². The molecule has 2 bridgehead atoms. The molecular formula is C26H30N4O3. The van der Waals surface area contributed by atoms with Crippen LogP contribution < -0.4 is 4.74 Å². The Balaban J connectivity index is 1.26. The molecule has 7 heteroatoms. The zero-order valence-electron chi connectivity index (χ0n) is 19.0. The molecule has 0 spiro atoms. The predicted octanol–water partition coefficient (Wildman–Crippen LogP) is 4.09. The van der Waals surface area contributed by atoms with Gasteiger partial charge in [0.25, 0.3) is 0 Å². The van der Waals surface area contributed by atoms with Crippen LogP contribution in [0.1, 0.15) is 37.1 Å². The number of hydrogen-bond acceptors (Lipinski definition) is 4. The highest BCUT2D eigenvalue weighted by atomic mass is 16.5. The largest absolute Gasteiger partial charge is 0.491 e. The second kappa shape index (κ2) is 8.06. The maximum atomic E-state index is 13.6. The van der Waals surface area contributed by atoms with Gasteiger partial charge in [-0.05, 0) is 73.9 Å². The number of piperidine rings is 1. The molecule has 4 heterocycles. The van der Waals surface area contributed by atoms with Crippen LogP contribution in [0.5, 0.6) is 5.75 Å². The van der Waals surface area contributed by atoms with Gasteiger partial charge in [0.1, 0.15) is 18.2 Å². The van der Waals surface area contributed by atoms with Crippen LogP contribution in [0.25, 0.3) is 22.2 Å². The number of aromatic amines is 1. The van der Waals surface area contributed by atoms with E-state index in [-0.39, 0.29) is 24.7 Å². The number of ether oxygens (including phenoxy) is 1. The molecule has 2 aromatic carbocycles. The Bertz CT molecular complexity index is 1190. The second-order valence-corrected chi connectivity index (χ2v) is 9.74. The fourth-order valence-electron chi connectivity index (χ4n) is 5.97. The van der Waals surface area contributed by atoms with Gasteiger partial charge in [0, 0.05) is 24.3 Å². The Hall–Kier alpha value is -3.06. The van der Waals surface area contributed by atoms with Gasteiger partial charge in [0.15, 0.2) is 0 Å². The summed E-state index contributed by atoms with van der Waals surface area (Å²) in [5.74, 6) is 2.09. The molecule has 172 valence electrons. The highest BCUT2D eigenvalue weighted by Crippen LogP contribution is 2.40. The number of nitrogens with zero attached hydrogens (tertiary/aromatic N) is 3. The molecule has 33 heavy (non-hydrogen) atoms. The van der Waals surface area contributed by atoms with E-state index in [1.807, 2.05) is 24.0 Å². The molecule has 6 rings (SSSR count). The standard InChI is InChI=1S/C26H30N4O3/c1-16-27-23-6-2-19(13-24(23)28-16)18-3-7-25-20(12-18)14-29(8-9-33-25)26(32)30-21-4-5-22(30)11-17(10-21)15-31/h2-3,6-7,12-13,17,21-22,31H,4-5,8-11,14-15H2,1H3,(H,27,28). The smallest absolute Gasteiger partial charge is 0.320 e. The number of benzene rings is 2. The number of aryl methyl sites for hydroxylation is 1. The zero-order valence-corrected chi connectivity index (χ0v) is 19.0. The summed E-state index contributed by atoms with van der Waals surface area (Å²) in [5, 5.41) is 9.62. The molecule has 7 nitrogen and oxygen atoms in total. The molecule has 0 aliphatic carbocycles. The minimum Gasteiger partial charge on any atom is -0.491 e. The number of carbonyl (C=O) groups excluding carboxylic acids is 1. The van der Waals surface area contributed by atoms with Crippen molar-refractivity contribution in [2.75, 3.05) is 19.8 Å². The maximum absolute atomic E-state index is 13.6. The fraction of sp³-hybridized carbons (Fsp3) is 0.462. The number of imidazole rings is 1. The summed E-state index contributed by atoms with van der Waals surface area (Å²) < 4.78 is 6.02. The van der Waals surface area contributed by atoms with Crippen molar-refractivity contribution in [1.82, 2.24) is 19.8 Å². The molecule has 3 aromatic rings. The van der Waals surface area contributed by atoms with Crippen molar-refractivity contribution in [1.29, 1.82) is 0 Å². The molecule has 2 amide bonds. The number of amides is 2. The molecule has 2 N–H and O–H groups in total. The first-order valence-corrected chi connectivity index (χ1v) is 12.0. The average Bonchev–Trinajstić information content (AvgIpc) is 3.22. The van der Waals surface area contributed by atoms with Crippen molar-refractivity contribution in [3.05, 3.63) is 47.8 Å². The zero-order chi connectivity index (χ0) is 22.5. The van der Waals surface area contributed by atoms with Crippen LogP contribution >= 0.6 is 0 Å². The second-order valence-electron chi connectivity index (χ2n) is 9.74. The van der Waals surface area contributed by atoms with Crippen LogP contribution in [0.3, 0.4) is 0 Å². The van der Waals surface area contributed by atoms with Gasteiger partial charge in [0.2, 0.25) is 0 Å². The first kappa shape index (κ1) is 20.5. The molecule has 0 saturated carbocycles. The summed E-state index contributed by atoms with van der Waals surface area (Å²) >= 11 is 0. The highest BCUT2D eigenvalue weighted by molar-refractivity contribution is 5.82. The first-order chi connectivity index (χ1) is 16.1. The van der Waals surface area contributed by atoms with Gasteiger partial charge in [0.05, 0.1) is 24.1 Å². The lowest BCUT2D eigenvalue weighted by atomic mass is 9.91. The third-order valence-corrected chi connectivity index (χ3v) is 7.55. The summed E-state index contributed by atoms with van der Waals surface area (Å²) in [4.78, 5) is 25.5. The van der Waals surface area contributed by atoms with Crippen LogP contribution in [-0.4, -0.2) is 62.7 Å². The van der Waals surface area contributed by atoms with Gasteiger partial charge in [-0.3, -0.25) is 0 Å². The lowest BCUT2D eigenvalue weighted by molar-refractivity contribution is 0.0716. The van der Waals surface area contributed by atoms with Gasteiger partial charge >= 0.3 is 6.03 Å². The third kappa shape index (κ3) is 3.64. The fourth-order valence-corrected chi connectivity index (χ4v) is 5.97. The van der Waals surface area contributed by atoms with Crippen LogP contribution in [0.2, 0.25) is 0 Å². The predicted molar refractivity (Wildman–Crippen MR) is 126 cm³/mol. The van der Waals surface area contributed by atoms with E-state index in [1.54, 1.807) is 0 Å².